The number of ether oxygens (including phenoxy) is 1. The highest BCUT2D eigenvalue weighted by Crippen LogP contribution is 2.47. The van der Waals surface area contributed by atoms with Gasteiger partial charge in [-0.3, -0.25) is 0 Å². The number of aromatic nitrogens is 3. The monoisotopic (exact) mass is 552 g/mol. The first-order chi connectivity index (χ1) is 21.3. The quantitative estimate of drug-likeness (QED) is 0.220. The molecule has 2 unspecified atom stereocenters. The lowest BCUT2D eigenvalue weighted by molar-refractivity contribution is 0.271. The molecule has 0 radical (unpaired) electrons. The Morgan fingerprint density at radius 3 is 2.14 bits per heavy atom. The minimum atomic E-state index is -0.113. The van der Waals surface area contributed by atoms with Gasteiger partial charge in [0.2, 0.25) is 0 Å². The minimum absolute atomic E-state index is 0.0123. The van der Waals surface area contributed by atoms with Gasteiger partial charge >= 0.3 is 0 Å². The van der Waals surface area contributed by atoms with Crippen LogP contribution in [0.3, 0.4) is 0 Å². The first kappa shape index (κ1) is 24.9. The summed E-state index contributed by atoms with van der Waals surface area (Å²) in [4.78, 5) is 15.2. The third kappa shape index (κ3) is 4.20. The molecule has 2 atom stereocenters. The maximum Gasteiger partial charge on any atom is 0.164 e. The summed E-state index contributed by atoms with van der Waals surface area (Å²) in [5.74, 6) is 2.72. The topological polar surface area (TPSA) is 71.7 Å². The molecule has 2 aliphatic rings. The van der Waals surface area contributed by atoms with E-state index in [1.807, 2.05) is 91.0 Å². The molecule has 43 heavy (non-hydrogen) atoms. The number of hydrogen-bond acceptors (Lipinski definition) is 5. The molecule has 0 amide bonds. The van der Waals surface area contributed by atoms with Crippen LogP contribution in [0, 0.1) is 11.3 Å². The van der Waals surface area contributed by atoms with Gasteiger partial charge in [-0.1, -0.05) is 115 Å². The Bertz CT molecular complexity index is 2140. The van der Waals surface area contributed by atoms with Crippen LogP contribution in [-0.4, -0.2) is 21.1 Å². The van der Waals surface area contributed by atoms with Gasteiger partial charge in [0, 0.05) is 27.8 Å². The molecule has 8 rings (SSSR count). The average molecular weight is 553 g/mol. The largest absolute Gasteiger partial charge is 0.485 e. The zero-order valence-corrected chi connectivity index (χ0v) is 23.1. The van der Waals surface area contributed by atoms with E-state index in [0.29, 0.717) is 23.0 Å². The lowest BCUT2D eigenvalue weighted by Crippen LogP contribution is -2.20. The number of hydrogen-bond donors (Lipinski definition) is 0. The van der Waals surface area contributed by atoms with Gasteiger partial charge in [-0.2, -0.15) is 5.26 Å². The van der Waals surface area contributed by atoms with Crippen molar-refractivity contribution in [1.82, 2.24) is 15.0 Å². The molecule has 0 bridgehead atoms. The van der Waals surface area contributed by atoms with E-state index in [1.165, 1.54) is 0 Å². The molecule has 0 saturated heterocycles. The van der Waals surface area contributed by atoms with Gasteiger partial charge in [-0.05, 0) is 34.5 Å². The molecule has 0 N–H and O–H groups in total. The molecule has 5 heteroatoms. The predicted octanol–water partition coefficient (Wildman–Crippen LogP) is 8.40. The Labute approximate surface area is 249 Å². The molecule has 5 aromatic carbocycles. The second-order valence-electron chi connectivity index (χ2n) is 10.6. The Kier molecular flexibility index (Phi) is 5.91. The molecular weight excluding hydrogens is 528 g/mol. The lowest BCUT2D eigenvalue weighted by atomic mass is 9.84. The standard InChI is InChI=1S/C38H24N4O/c39-23-25-13-4-5-14-26(25)27-16-8-18-29-28(27)17-9-19-30(29)37-40-36(24-11-2-1-3-12-24)41-38(42-37)32-20-10-22-34-35(32)31-15-6-7-21-33(31)43-34/h1-22,34-35H. The van der Waals surface area contributed by atoms with Gasteiger partial charge in [-0.15, -0.1) is 0 Å². The number of benzene rings is 5. The van der Waals surface area contributed by atoms with Crippen LogP contribution in [0.5, 0.6) is 5.75 Å². The Hall–Kier alpha value is -5.86. The van der Waals surface area contributed by atoms with E-state index in [0.717, 1.165) is 49.9 Å². The summed E-state index contributed by atoms with van der Waals surface area (Å²) in [5, 5.41) is 11.8. The Morgan fingerprint density at radius 1 is 0.605 bits per heavy atom. The normalized spacial score (nSPS) is 16.6. The zero-order chi connectivity index (χ0) is 28.8. The molecule has 0 saturated carbocycles. The van der Waals surface area contributed by atoms with Crippen molar-refractivity contribution >= 4 is 16.3 Å². The molecule has 0 spiro atoms. The average Bonchev–Trinajstić information content (AvgIpc) is 3.47. The zero-order valence-electron chi connectivity index (χ0n) is 23.1. The van der Waals surface area contributed by atoms with Crippen LogP contribution >= 0.6 is 0 Å². The van der Waals surface area contributed by atoms with Gasteiger partial charge in [0.15, 0.2) is 17.5 Å². The van der Waals surface area contributed by atoms with Crippen LogP contribution in [0.2, 0.25) is 0 Å². The highest BCUT2D eigenvalue weighted by molar-refractivity contribution is 6.04. The van der Waals surface area contributed by atoms with Crippen molar-refractivity contribution in [2.75, 3.05) is 0 Å². The molecule has 6 aromatic rings. The van der Waals surface area contributed by atoms with Crippen LogP contribution < -0.4 is 4.74 Å². The number of rotatable bonds is 4. The summed E-state index contributed by atoms with van der Waals surface area (Å²) in [6.45, 7) is 0. The SMILES string of the molecule is N#Cc1ccccc1-c1cccc2c(-c3nc(C4=CC=CC5Oc6ccccc6C45)nc(-c4ccccc4)n3)cccc12. The first-order valence-corrected chi connectivity index (χ1v) is 14.3. The molecule has 1 aromatic heterocycles. The number of para-hydroxylation sites is 1. The summed E-state index contributed by atoms with van der Waals surface area (Å²) in [5.41, 5.74) is 6.50. The number of nitriles is 1. The second-order valence-corrected chi connectivity index (χ2v) is 10.6. The van der Waals surface area contributed by atoms with Gasteiger partial charge in [0.05, 0.1) is 17.6 Å². The van der Waals surface area contributed by atoms with Crippen molar-refractivity contribution in [3.05, 3.63) is 150 Å². The van der Waals surface area contributed by atoms with Crippen molar-refractivity contribution in [2.24, 2.45) is 0 Å². The summed E-state index contributed by atoms with van der Waals surface area (Å²) >= 11 is 0. The summed E-state index contributed by atoms with van der Waals surface area (Å²) < 4.78 is 6.30. The molecule has 1 aliphatic carbocycles. The van der Waals surface area contributed by atoms with E-state index in [-0.39, 0.29) is 12.0 Å². The highest BCUT2D eigenvalue weighted by atomic mass is 16.5. The van der Waals surface area contributed by atoms with Crippen molar-refractivity contribution in [3.63, 3.8) is 0 Å². The fourth-order valence-electron chi connectivity index (χ4n) is 6.21. The van der Waals surface area contributed by atoms with E-state index in [1.54, 1.807) is 0 Å². The molecule has 2 heterocycles. The Morgan fingerprint density at radius 2 is 1.28 bits per heavy atom. The Balaban J connectivity index is 1.34. The van der Waals surface area contributed by atoms with E-state index in [2.05, 4.69) is 48.6 Å². The van der Waals surface area contributed by atoms with E-state index in [4.69, 9.17) is 19.7 Å². The van der Waals surface area contributed by atoms with E-state index in [9.17, 15) is 5.26 Å². The van der Waals surface area contributed by atoms with E-state index >= 15 is 0 Å². The van der Waals surface area contributed by atoms with Crippen molar-refractivity contribution < 1.29 is 4.74 Å². The van der Waals surface area contributed by atoms with Crippen molar-refractivity contribution in [3.8, 4) is 45.7 Å². The highest BCUT2D eigenvalue weighted by Gasteiger charge is 2.38. The minimum Gasteiger partial charge on any atom is -0.485 e. The van der Waals surface area contributed by atoms with Crippen molar-refractivity contribution in [2.45, 2.75) is 12.0 Å². The smallest absolute Gasteiger partial charge is 0.164 e. The van der Waals surface area contributed by atoms with Gasteiger partial charge in [0.1, 0.15) is 11.9 Å². The maximum absolute atomic E-state index is 9.81. The summed E-state index contributed by atoms with van der Waals surface area (Å²) in [6.07, 6.45) is 6.11. The lowest BCUT2D eigenvalue weighted by Gasteiger charge is -2.22. The third-order valence-corrected chi connectivity index (χ3v) is 8.18. The van der Waals surface area contributed by atoms with Crippen LogP contribution in [0.25, 0.3) is 50.2 Å². The molecule has 202 valence electrons. The van der Waals surface area contributed by atoms with Gasteiger partial charge in [-0.25, -0.2) is 15.0 Å². The van der Waals surface area contributed by atoms with Gasteiger partial charge in [0.25, 0.3) is 0 Å². The fourth-order valence-corrected chi connectivity index (χ4v) is 6.21. The van der Waals surface area contributed by atoms with Crippen LogP contribution in [0.1, 0.15) is 22.9 Å². The van der Waals surface area contributed by atoms with Crippen LogP contribution in [0.4, 0.5) is 0 Å². The molecule has 1 aliphatic heterocycles. The summed E-state index contributed by atoms with van der Waals surface area (Å²) in [7, 11) is 0. The third-order valence-electron chi connectivity index (χ3n) is 8.18. The summed E-state index contributed by atoms with van der Waals surface area (Å²) in [6, 6.07) is 40.6. The van der Waals surface area contributed by atoms with E-state index < -0.39 is 0 Å². The van der Waals surface area contributed by atoms with Crippen molar-refractivity contribution in [1.29, 1.82) is 5.26 Å². The van der Waals surface area contributed by atoms with Crippen LogP contribution in [0.15, 0.2) is 133 Å². The first-order valence-electron chi connectivity index (χ1n) is 14.3. The maximum atomic E-state index is 9.81. The fraction of sp³-hybridized carbons (Fsp3) is 0.0526. The number of nitrogens with zero attached hydrogens (tertiary/aromatic N) is 4. The van der Waals surface area contributed by atoms with Crippen LogP contribution in [-0.2, 0) is 0 Å². The van der Waals surface area contributed by atoms with Gasteiger partial charge < -0.3 is 4.74 Å². The number of allylic oxidation sites excluding steroid dienone is 2. The molecular formula is C38H24N4O. The molecule has 0 fully saturated rings. The molecule has 5 nitrogen and oxygen atoms in total. The number of fused-ring (bicyclic) bond motifs is 4. The predicted molar refractivity (Wildman–Crippen MR) is 169 cm³/mol. The second kappa shape index (κ2) is 10.2.